The maximum Gasteiger partial charge on any atom is 0.371 e. The number of ether oxygens (including phenoxy) is 1. The van der Waals surface area contributed by atoms with Gasteiger partial charge in [-0.25, -0.2) is 9.59 Å². The summed E-state index contributed by atoms with van der Waals surface area (Å²) in [5, 5.41) is 17.3. The fraction of sp³-hybridized carbons (Fsp3) is 0. The number of hydrogen-bond donors (Lipinski definition) is 3. The number of para-hydroxylation sites is 1. The lowest BCUT2D eigenvalue weighted by Gasteiger charge is -2.09. The van der Waals surface area contributed by atoms with Gasteiger partial charge in [-0.15, -0.1) is 0 Å². The highest BCUT2D eigenvalue weighted by Crippen LogP contribution is 2.26. The Bertz CT molecular complexity index is 466. The van der Waals surface area contributed by atoms with Crippen LogP contribution in [-0.4, -0.2) is 22.2 Å². The van der Waals surface area contributed by atoms with Crippen LogP contribution in [0.1, 0.15) is 10.4 Å². The van der Waals surface area contributed by atoms with Crippen LogP contribution in [0, 0.1) is 0 Å². The highest BCUT2D eigenvalue weighted by atomic mass is 16.5. The summed E-state index contributed by atoms with van der Waals surface area (Å²) in [6.45, 7) is 3.14. The van der Waals surface area contributed by atoms with Gasteiger partial charge in [-0.05, 0) is 18.7 Å². The molecule has 0 spiro atoms. The number of aliphatic carboxylic acids is 1. The minimum absolute atomic E-state index is 0.0488. The lowest BCUT2D eigenvalue weighted by Crippen LogP contribution is -2.09. The molecule has 4 N–H and O–H groups in total. The molecular formula is C10H9NO5. The second kappa shape index (κ2) is 4.35. The fourth-order valence-corrected chi connectivity index (χ4v) is 0.996. The Kier molecular flexibility index (Phi) is 3.14. The molecule has 6 nitrogen and oxygen atoms in total. The average molecular weight is 223 g/mol. The van der Waals surface area contributed by atoms with Gasteiger partial charge >= 0.3 is 11.9 Å². The third kappa shape index (κ3) is 2.30. The zero-order valence-corrected chi connectivity index (χ0v) is 8.14. The number of rotatable bonds is 4. The Hall–Kier alpha value is -2.50. The van der Waals surface area contributed by atoms with Crippen LogP contribution in [0.2, 0.25) is 0 Å². The molecule has 6 heteroatoms. The van der Waals surface area contributed by atoms with Crippen molar-refractivity contribution in [3.8, 4) is 5.75 Å². The van der Waals surface area contributed by atoms with Crippen molar-refractivity contribution in [3.05, 3.63) is 36.1 Å². The number of nitrogen functional groups attached to an aromatic ring is 1. The normalized spacial score (nSPS) is 9.50. The van der Waals surface area contributed by atoms with Gasteiger partial charge in [-0.1, -0.05) is 6.07 Å². The van der Waals surface area contributed by atoms with Crippen molar-refractivity contribution in [3.63, 3.8) is 0 Å². The minimum atomic E-state index is -1.35. The highest BCUT2D eigenvalue weighted by molar-refractivity contribution is 5.95. The van der Waals surface area contributed by atoms with Gasteiger partial charge in [0.25, 0.3) is 0 Å². The lowest BCUT2D eigenvalue weighted by atomic mass is 10.1. The summed E-state index contributed by atoms with van der Waals surface area (Å²) in [6.07, 6.45) is 0. The van der Waals surface area contributed by atoms with Crippen LogP contribution in [0.3, 0.4) is 0 Å². The summed E-state index contributed by atoms with van der Waals surface area (Å²) < 4.78 is 4.82. The van der Waals surface area contributed by atoms with Crippen molar-refractivity contribution < 1.29 is 24.5 Å². The van der Waals surface area contributed by atoms with Crippen molar-refractivity contribution in [1.29, 1.82) is 0 Å². The maximum absolute atomic E-state index is 10.7. The molecule has 16 heavy (non-hydrogen) atoms. The van der Waals surface area contributed by atoms with Crippen LogP contribution in [0.25, 0.3) is 0 Å². The van der Waals surface area contributed by atoms with Gasteiger partial charge in [0.15, 0.2) is 5.75 Å². The zero-order valence-electron chi connectivity index (χ0n) is 8.14. The topological polar surface area (TPSA) is 110 Å². The van der Waals surface area contributed by atoms with E-state index in [0.717, 1.165) is 0 Å². The third-order valence-electron chi connectivity index (χ3n) is 1.77. The largest absolute Gasteiger partial charge is 0.478 e. The molecule has 0 bridgehead atoms. The molecule has 0 radical (unpaired) electrons. The van der Waals surface area contributed by atoms with Gasteiger partial charge in [0, 0.05) is 0 Å². The molecule has 0 aliphatic heterocycles. The number of carboxylic acids is 2. The van der Waals surface area contributed by atoms with E-state index in [4.69, 9.17) is 20.7 Å². The van der Waals surface area contributed by atoms with Crippen LogP contribution in [0.4, 0.5) is 5.69 Å². The summed E-state index contributed by atoms with van der Waals surface area (Å²) in [5.74, 6) is -3.15. The quantitative estimate of drug-likeness (QED) is 0.398. The highest BCUT2D eigenvalue weighted by Gasteiger charge is 2.14. The summed E-state index contributed by atoms with van der Waals surface area (Å²) in [5.41, 5.74) is 5.19. The van der Waals surface area contributed by atoms with Gasteiger partial charge in [-0.2, -0.15) is 0 Å². The van der Waals surface area contributed by atoms with Gasteiger partial charge in [0.05, 0.1) is 11.3 Å². The molecule has 0 atom stereocenters. The van der Waals surface area contributed by atoms with Gasteiger partial charge < -0.3 is 20.7 Å². The smallest absolute Gasteiger partial charge is 0.371 e. The number of carbonyl (C=O) groups is 2. The zero-order chi connectivity index (χ0) is 12.3. The first kappa shape index (κ1) is 11.6. The van der Waals surface area contributed by atoms with E-state index in [2.05, 4.69) is 6.58 Å². The summed E-state index contributed by atoms with van der Waals surface area (Å²) in [7, 11) is 0. The van der Waals surface area contributed by atoms with E-state index in [1.54, 1.807) is 0 Å². The number of anilines is 1. The van der Waals surface area contributed by atoms with E-state index in [9.17, 15) is 9.59 Å². The van der Waals surface area contributed by atoms with E-state index in [1.165, 1.54) is 18.2 Å². The van der Waals surface area contributed by atoms with Crippen molar-refractivity contribution >= 4 is 17.6 Å². The molecule has 0 fully saturated rings. The van der Waals surface area contributed by atoms with Crippen LogP contribution >= 0.6 is 0 Å². The molecule has 0 saturated heterocycles. The van der Waals surface area contributed by atoms with E-state index in [-0.39, 0.29) is 17.0 Å². The molecule has 1 aromatic carbocycles. The number of aromatic carboxylic acids is 1. The first-order chi connectivity index (χ1) is 7.43. The number of carboxylic acid groups (broad SMARTS) is 2. The molecule has 0 heterocycles. The Morgan fingerprint density at radius 2 is 1.94 bits per heavy atom. The Balaban J connectivity index is 3.07. The molecule has 0 aliphatic carbocycles. The standard InChI is InChI=1S/C10H9NO5/c1-5(9(12)13)16-7-4-2-3-6(8(7)11)10(14)15/h2-4H,1,11H2,(H,12,13)(H,14,15). The Labute approximate surface area is 90.6 Å². The number of benzene rings is 1. The molecule has 1 rings (SSSR count). The van der Waals surface area contributed by atoms with E-state index >= 15 is 0 Å². The average Bonchev–Trinajstić information content (AvgIpc) is 2.20. The number of nitrogens with two attached hydrogens (primary N) is 1. The maximum atomic E-state index is 10.7. The van der Waals surface area contributed by atoms with Gasteiger partial charge in [0.1, 0.15) is 0 Å². The summed E-state index contributed by atoms with van der Waals surface area (Å²) in [4.78, 5) is 21.2. The second-order valence-electron chi connectivity index (χ2n) is 2.85. The predicted octanol–water partition coefficient (Wildman–Crippen LogP) is 0.944. The predicted molar refractivity (Wildman–Crippen MR) is 55.2 cm³/mol. The molecule has 0 aromatic heterocycles. The van der Waals surface area contributed by atoms with Crippen molar-refractivity contribution in [2.75, 3.05) is 5.73 Å². The lowest BCUT2D eigenvalue weighted by molar-refractivity contribution is -0.135. The Morgan fingerprint density at radius 1 is 1.31 bits per heavy atom. The SMILES string of the molecule is C=C(Oc1cccc(C(=O)O)c1N)C(=O)O. The van der Waals surface area contributed by atoms with Crippen LogP contribution in [0.5, 0.6) is 5.75 Å². The van der Waals surface area contributed by atoms with Gasteiger partial charge in [-0.3, -0.25) is 0 Å². The van der Waals surface area contributed by atoms with Crippen LogP contribution < -0.4 is 10.5 Å². The summed E-state index contributed by atoms with van der Waals surface area (Å²) in [6, 6.07) is 4.04. The van der Waals surface area contributed by atoms with Gasteiger partial charge in [0.2, 0.25) is 5.76 Å². The van der Waals surface area contributed by atoms with E-state index in [1.807, 2.05) is 0 Å². The molecule has 0 saturated carbocycles. The van der Waals surface area contributed by atoms with E-state index in [0.29, 0.717) is 0 Å². The van der Waals surface area contributed by atoms with E-state index < -0.39 is 17.7 Å². The second-order valence-corrected chi connectivity index (χ2v) is 2.85. The first-order valence-corrected chi connectivity index (χ1v) is 4.15. The monoisotopic (exact) mass is 223 g/mol. The summed E-state index contributed by atoms with van der Waals surface area (Å²) >= 11 is 0. The molecule has 0 unspecified atom stereocenters. The minimum Gasteiger partial charge on any atom is -0.478 e. The molecule has 1 aromatic rings. The molecule has 0 aliphatic rings. The van der Waals surface area contributed by atoms with Crippen LogP contribution in [0.15, 0.2) is 30.5 Å². The third-order valence-corrected chi connectivity index (χ3v) is 1.77. The van der Waals surface area contributed by atoms with Crippen LogP contribution in [-0.2, 0) is 4.79 Å². The fourth-order valence-electron chi connectivity index (χ4n) is 0.996. The molecule has 84 valence electrons. The Morgan fingerprint density at radius 3 is 2.44 bits per heavy atom. The molecule has 0 amide bonds. The number of hydrogen-bond acceptors (Lipinski definition) is 4. The van der Waals surface area contributed by atoms with Crippen molar-refractivity contribution in [2.45, 2.75) is 0 Å². The van der Waals surface area contributed by atoms with Crippen molar-refractivity contribution in [2.24, 2.45) is 0 Å². The van der Waals surface area contributed by atoms with Crippen molar-refractivity contribution in [1.82, 2.24) is 0 Å². The molecular weight excluding hydrogens is 214 g/mol. The first-order valence-electron chi connectivity index (χ1n) is 4.15.